The molecule has 0 aromatic rings. The summed E-state index contributed by atoms with van der Waals surface area (Å²) < 4.78 is 83.4. The molecule has 128 valence electrons. The van der Waals surface area contributed by atoms with Crippen LogP contribution in [0, 0.1) is 11.3 Å². The average Bonchev–Trinajstić information content (AvgIpc) is 2.45. The number of hydrogen-bond acceptors (Lipinski definition) is 4. The van der Waals surface area contributed by atoms with Crippen molar-refractivity contribution in [3.8, 4) is 6.07 Å². The van der Waals surface area contributed by atoms with Gasteiger partial charge in [0.25, 0.3) is 0 Å². The molecular weight excluding hydrogens is 330 g/mol. The second kappa shape index (κ2) is 5.72. The van der Waals surface area contributed by atoms with Gasteiger partial charge in [-0.25, -0.2) is 0 Å². The van der Waals surface area contributed by atoms with Crippen molar-refractivity contribution >= 4 is 0 Å². The number of ether oxygens (including phenoxy) is 1. The lowest BCUT2D eigenvalue weighted by Crippen LogP contribution is -2.49. The molecule has 10 heteroatoms. The summed E-state index contributed by atoms with van der Waals surface area (Å²) in [5.74, 6) is 0. The predicted molar refractivity (Wildman–Crippen MR) is 64.8 cm³/mol. The smallest absolute Gasteiger partial charge is 0.378 e. The van der Waals surface area contributed by atoms with Gasteiger partial charge in [-0.1, -0.05) is 0 Å². The van der Waals surface area contributed by atoms with Crippen molar-refractivity contribution in [2.24, 2.45) is 0 Å². The number of rotatable bonds is 1. The van der Waals surface area contributed by atoms with E-state index in [0.29, 0.717) is 0 Å². The maximum Gasteiger partial charge on any atom is 0.421 e. The Kier molecular flexibility index (Phi) is 4.38. The minimum atomic E-state index is -5.30. The van der Waals surface area contributed by atoms with Crippen molar-refractivity contribution in [2.45, 2.75) is 24.4 Å². The van der Waals surface area contributed by atoms with Crippen LogP contribution in [-0.4, -0.2) is 54.3 Å². The highest BCUT2D eigenvalue weighted by atomic mass is 19.4. The van der Waals surface area contributed by atoms with E-state index in [1.165, 1.54) is 11.0 Å². The average molecular weight is 342 g/mol. The topological polar surface area (TPSA) is 56.5 Å². The number of allylic oxidation sites excluding steroid dienone is 2. The number of morpholine rings is 1. The Morgan fingerprint density at radius 2 is 1.74 bits per heavy atom. The first-order chi connectivity index (χ1) is 10.5. The monoisotopic (exact) mass is 342 g/mol. The van der Waals surface area contributed by atoms with E-state index in [0.717, 1.165) is 0 Å². The number of nitrogens with zero attached hydrogens (tertiary/aromatic N) is 2. The van der Waals surface area contributed by atoms with Gasteiger partial charge < -0.3 is 14.7 Å². The van der Waals surface area contributed by atoms with Crippen molar-refractivity contribution in [2.75, 3.05) is 26.3 Å². The molecule has 1 heterocycles. The minimum Gasteiger partial charge on any atom is -0.378 e. The van der Waals surface area contributed by atoms with E-state index in [9.17, 15) is 31.4 Å². The summed E-state index contributed by atoms with van der Waals surface area (Å²) in [6, 6.07) is 1.33. The lowest BCUT2D eigenvalue weighted by atomic mass is 9.83. The summed E-state index contributed by atoms with van der Waals surface area (Å²) in [4.78, 5) is 1.22. The number of hydrogen-bond donors (Lipinski definition) is 1. The van der Waals surface area contributed by atoms with Gasteiger partial charge >= 0.3 is 12.4 Å². The fourth-order valence-corrected chi connectivity index (χ4v) is 2.49. The molecule has 1 aliphatic carbocycles. The van der Waals surface area contributed by atoms with Gasteiger partial charge in [0.15, 0.2) is 5.60 Å². The molecule has 1 fully saturated rings. The van der Waals surface area contributed by atoms with E-state index in [2.05, 4.69) is 0 Å². The second-order valence-corrected chi connectivity index (χ2v) is 5.19. The van der Waals surface area contributed by atoms with Crippen LogP contribution in [0.25, 0.3) is 0 Å². The van der Waals surface area contributed by atoms with E-state index >= 15 is 0 Å². The lowest BCUT2D eigenvalue weighted by Gasteiger charge is -2.39. The third-order valence-electron chi connectivity index (χ3n) is 3.68. The maximum absolute atomic E-state index is 13.1. The first-order valence-corrected chi connectivity index (χ1v) is 6.55. The van der Waals surface area contributed by atoms with Crippen LogP contribution in [-0.2, 0) is 4.74 Å². The number of alkyl halides is 6. The van der Waals surface area contributed by atoms with Crippen LogP contribution >= 0.6 is 0 Å². The third kappa shape index (κ3) is 3.30. The Morgan fingerprint density at radius 3 is 2.17 bits per heavy atom. The molecule has 0 radical (unpaired) electrons. The zero-order valence-corrected chi connectivity index (χ0v) is 11.6. The van der Waals surface area contributed by atoms with Gasteiger partial charge in [0.2, 0.25) is 0 Å². The van der Waals surface area contributed by atoms with E-state index in [-0.39, 0.29) is 32.4 Å². The molecule has 0 aromatic heterocycles. The van der Waals surface area contributed by atoms with Crippen molar-refractivity contribution in [1.29, 1.82) is 5.26 Å². The van der Waals surface area contributed by atoms with Crippen molar-refractivity contribution in [3.63, 3.8) is 0 Å². The molecule has 2 rings (SSSR count). The van der Waals surface area contributed by atoms with Crippen LogP contribution < -0.4 is 0 Å². The van der Waals surface area contributed by atoms with Gasteiger partial charge in [-0.3, -0.25) is 0 Å². The standard InChI is InChI=1S/C13H12F6N2O2/c14-12(15,16)9-5-11(22,13(17,18)19)6-10(8(9)7-20)21-1-3-23-4-2-21/h5,22H,1-4,6H2. The molecule has 0 aromatic carbocycles. The first-order valence-electron chi connectivity index (χ1n) is 6.55. The second-order valence-electron chi connectivity index (χ2n) is 5.19. The summed E-state index contributed by atoms with van der Waals surface area (Å²) in [7, 11) is 0. The molecule has 1 aliphatic heterocycles. The Labute approximate surface area is 127 Å². The minimum absolute atomic E-state index is 0.0413. The maximum atomic E-state index is 13.1. The van der Waals surface area contributed by atoms with Crippen LogP contribution in [0.5, 0.6) is 0 Å². The highest BCUT2D eigenvalue weighted by molar-refractivity contribution is 5.52. The number of halogens is 6. The lowest BCUT2D eigenvalue weighted by molar-refractivity contribution is -0.242. The molecule has 4 nitrogen and oxygen atoms in total. The van der Waals surface area contributed by atoms with Crippen molar-refractivity contribution < 1.29 is 36.2 Å². The molecule has 0 bridgehead atoms. The molecular formula is C13H12F6N2O2. The van der Waals surface area contributed by atoms with Crippen LogP contribution in [0.4, 0.5) is 26.3 Å². The Balaban J connectivity index is 2.58. The van der Waals surface area contributed by atoms with E-state index < -0.39 is 41.2 Å². The third-order valence-corrected chi connectivity index (χ3v) is 3.68. The van der Waals surface area contributed by atoms with Gasteiger partial charge in [0, 0.05) is 25.2 Å². The van der Waals surface area contributed by atoms with E-state index in [1.807, 2.05) is 0 Å². The Hall–Kier alpha value is -1.73. The summed E-state index contributed by atoms with van der Waals surface area (Å²) in [6.07, 6.45) is -11.9. The quantitative estimate of drug-likeness (QED) is 0.743. The van der Waals surface area contributed by atoms with Gasteiger partial charge in [-0.15, -0.1) is 0 Å². The zero-order chi connectivity index (χ0) is 17.5. The van der Waals surface area contributed by atoms with Crippen LogP contribution in [0.2, 0.25) is 0 Å². The highest BCUT2D eigenvalue weighted by Crippen LogP contribution is 2.46. The highest BCUT2D eigenvalue weighted by Gasteiger charge is 2.57. The summed E-state index contributed by atoms with van der Waals surface area (Å²) in [5, 5.41) is 18.8. The van der Waals surface area contributed by atoms with Gasteiger partial charge in [0.05, 0.1) is 24.4 Å². The molecule has 0 spiro atoms. The fraction of sp³-hybridized carbons (Fsp3) is 0.615. The molecule has 1 N–H and O–H groups in total. The van der Waals surface area contributed by atoms with Gasteiger partial charge in [-0.05, 0) is 6.08 Å². The van der Waals surface area contributed by atoms with E-state index in [4.69, 9.17) is 10.00 Å². The predicted octanol–water partition coefficient (Wildman–Crippen LogP) is 2.28. The normalized spacial score (nSPS) is 26.9. The van der Waals surface area contributed by atoms with Crippen LogP contribution in [0.3, 0.4) is 0 Å². The molecule has 0 amide bonds. The fourth-order valence-electron chi connectivity index (χ4n) is 2.49. The summed E-state index contributed by atoms with van der Waals surface area (Å²) >= 11 is 0. The Morgan fingerprint density at radius 1 is 1.17 bits per heavy atom. The van der Waals surface area contributed by atoms with Gasteiger partial charge in [0.1, 0.15) is 6.07 Å². The number of nitriles is 1. The zero-order valence-electron chi connectivity index (χ0n) is 11.6. The van der Waals surface area contributed by atoms with E-state index in [1.54, 1.807) is 0 Å². The van der Waals surface area contributed by atoms with Crippen LogP contribution in [0.1, 0.15) is 6.42 Å². The summed E-state index contributed by atoms with van der Waals surface area (Å²) in [6.45, 7) is 0.300. The van der Waals surface area contributed by atoms with Crippen molar-refractivity contribution in [3.05, 3.63) is 22.9 Å². The molecule has 0 saturated carbocycles. The first kappa shape index (κ1) is 17.6. The molecule has 1 atom stereocenters. The van der Waals surface area contributed by atoms with Crippen molar-refractivity contribution in [1.82, 2.24) is 4.90 Å². The Bertz CT molecular complexity index is 581. The number of aliphatic hydroxyl groups is 1. The molecule has 23 heavy (non-hydrogen) atoms. The molecule has 1 saturated heterocycles. The van der Waals surface area contributed by atoms with Gasteiger partial charge in [-0.2, -0.15) is 31.6 Å². The molecule has 2 aliphatic rings. The molecule has 1 unspecified atom stereocenters. The SMILES string of the molecule is N#CC1=C(N2CCOCC2)CC(O)(C(F)(F)F)C=C1C(F)(F)F. The summed E-state index contributed by atoms with van der Waals surface area (Å²) in [5.41, 5.74) is -6.81. The van der Waals surface area contributed by atoms with Crippen LogP contribution in [0.15, 0.2) is 22.9 Å². The largest absolute Gasteiger partial charge is 0.421 e.